The van der Waals surface area contributed by atoms with Gasteiger partial charge in [0.05, 0.1) is 36.1 Å². The smallest absolute Gasteiger partial charge is 0.423 e. The maximum Gasteiger partial charge on any atom is 0.423 e. The quantitative estimate of drug-likeness (QED) is 0.209. The maximum atomic E-state index is 14.8. The molecule has 214 valence electrons. The molecule has 1 aromatic carbocycles. The van der Waals surface area contributed by atoms with Crippen LogP contribution >= 0.6 is 0 Å². The maximum absolute atomic E-state index is 14.8. The molecular weight excluding hydrogens is 534 g/mol. The fourth-order valence-electron chi connectivity index (χ4n) is 3.83. The number of halogens is 4. The number of rotatable bonds is 8. The lowest BCUT2D eigenvalue weighted by atomic mass is 10.1. The van der Waals surface area contributed by atoms with Crippen molar-refractivity contribution in [1.29, 1.82) is 0 Å². The number of unbranched alkanes of at least 4 members (excludes halogenated alkanes) is 2. The summed E-state index contributed by atoms with van der Waals surface area (Å²) in [6, 6.07) is 4.74. The van der Waals surface area contributed by atoms with E-state index in [0.717, 1.165) is 25.5 Å². The van der Waals surface area contributed by atoms with Gasteiger partial charge in [0.2, 0.25) is 0 Å². The molecule has 4 N–H and O–H groups in total. The molecular formula is C26H29F4N7O3. The second kappa shape index (κ2) is 13.0. The monoisotopic (exact) mass is 563 g/mol. The first-order chi connectivity index (χ1) is 19.0. The van der Waals surface area contributed by atoms with E-state index in [1.165, 1.54) is 19.4 Å². The number of anilines is 2. The van der Waals surface area contributed by atoms with Crippen LogP contribution in [0.2, 0.25) is 0 Å². The Kier molecular flexibility index (Phi) is 9.80. The molecule has 3 heterocycles. The first-order valence-electron chi connectivity index (χ1n) is 12.4. The molecule has 14 heteroatoms. The van der Waals surface area contributed by atoms with E-state index in [4.69, 9.17) is 10.5 Å². The predicted octanol–water partition coefficient (Wildman–Crippen LogP) is 4.60. The summed E-state index contributed by atoms with van der Waals surface area (Å²) in [5.41, 5.74) is 1.56. The number of methoxy groups -OCH3 is 1. The average molecular weight is 564 g/mol. The van der Waals surface area contributed by atoms with Crippen molar-refractivity contribution in [2.24, 2.45) is 0 Å². The van der Waals surface area contributed by atoms with E-state index in [-0.39, 0.29) is 16.9 Å². The van der Waals surface area contributed by atoms with Gasteiger partial charge >= 0.3 is 6.18 Å². The lowest BCUT2D eigenvalue weighted by molar-refractivity contribution is -0.138. The van der Waals surface area contributed by atoms with Gasteiger partial charge in [-0.3, -0.25) is 9.59 Å². The van der Waals surface area contributed by atoms with Crippen LogP contribution in [0.4, 0.5) is 29.1 Å². The molecule has 4 aromatic rings. The van der Waals surface area contributed by atoms with Gasteiger partial charge in [0.25, 0.3) is 11.1 Å². The summed E-state index contributed by atoms with van der Waals surface area (Å²) < 4.78 is 57.7. The van der Waals surface area contributed by atoms with Crippen LogP contribution in [-0.2, 0) is 12.7 Å². The Morgan fingerprint density at radius 2 is 1.90 bits per heavy atom. The molecule has 0 fully saturated rings. The van der Waals surface area contributed by atoms with Crippen LogP contribution in [0.5, 0.6) is 5.75 Å². The van der Waals surface area contributed by atoms with Crippen molar-refractivity contribution in [1.82, 2.24) is 24.7 Å². The van der Waals surface area contributed by atoms with Crippen molar-refractivity contribution in [3.05, 3.63) is 68.9 Å². The summed E-state index contributed by atoms with van der Waals surface area (Å²) in [7, 11) is 1.53. The van der Waals surface area contributed by atoms with Crippen LogP contribution in [0.1, 0.15) is 38.7 Å². The van der Waals surface area contributed by atoms with Gasteiger partial charge in [0, 0.05) is 19.3 Å². The highest BCUT2D eigenvalue weighted by atomic mass is 19.4. The average Bonchev–Trinajstić information content (AvgIpc) is 2.90. The number of aromatic amines is 1. The molecule has 0 unspecified atom stereocenters. The molecule has 0 spiro atoms. The number of benzene rings is 1. The highest BCUT2D eigenvalue weighted by Crippen LogP contribution is 2.30. The number of aryl methyl sites for hydroxylation is 1. The van der Waals surface area contributed by atoms with E-state index in [9.17, 15) is 27.2 Å². The Morgan fingerprint density at radius 1 is 1.15 bits per heavy atom. The number of hydrogen-bond acceptors (Lipinski definition) is 8. The van der Waals surface area contributed by atoms with Gasteiger partial charge in [-0.05, 0) is 36.9 Å². The number of nitrogen functional groups attached to an aromatic ring is 1. The van der Waals surface area contributed by atoms with Gasteiger partial charge in [0.1, 0.15) is 11.4 Å². The summed E-state index contributed by atoms with van der Waals surface area (Å²) in [5.74, 6) is 0.703. The van der Waals surface area contributed by atoms with Crippen LogP contribution in [0, 0.1) is 5.82 Å². The highest BCUT2D eigenvalue weighted by molar-refractivity contribution is 5.86. The van der Waals surface area contributed by atoms with Gasteiger partial charge in [-0.15, -0.1) is 0 Å². The van der Waals surface area contributed by atoms with E-state index >= 15 is 0 Å². The van der Waals surface area contributed by atoms with Crippen LogP contribution < -0.4 is 26.9 Å². The summed E-state index contributed by atoms with van der Waals surface area (Å²) in [6.07, 6.45) is 2.34. The van der Waals surface area contributed by atoms with Crippen LogP contribution in [0.15, 0.2) is 46.4 Å². The number of alkyl halides is 3. The molecule has 0 radical (unpaired) electrons. The molecule has 0 aliphatic heterocycles. The van der Waals surface area contributed by atoms with E-state index in [1.807, 2.05) is 13.0 Å². The minimum atomic E-state index is -4.74. The van der Waals surface area contributed by atoms with Gasteiger partial charge < -0.3 is 20.4 Å². The number of hydrogen-bond donors (Lipinski definition) is 3. The first-order valence-corrected chi connectivity index (χ1v) is 12.4. The molecule has 4 rings (SSSR count). The number of pyridine rings is 1. The van der Waals surface area contributed by atoms with Crippen molar-refractivity contribution in [3.8, 4) is 17.1 Å². The molecule has 0 aliphatic carbocycles. The minimum absolute atomic E-state index is 0.178. The van der Waals surface area contributed by atoms with Crippen molar-refractivity contribution in [3.63, 3.8) is 0 Å². The molecule has 0 bridgehead atoms. The SMILES string of the molecule is CCCCCn1ccc2cc(-c3ncc(OC)c(NCC)n3)c(F)cc2c1=O.Nc1cn[nH]c(=O)c1C(F)(F)F. The lowest BCUT2D eigenvalue weighted by Crippen LogP contribution is -2.24. The third-order valence-electron chi connectivity index (χ3n) is 5.80. The van der Waals surface area contributed by atoms with E-state index in [2.05, 4.69) is 27.3 Å². The Balaban J connectivity index is 0.000000307. The molecule has 3 aromatic heterocycles. The largest absolute Gasteiger partial charge is 0.491 e. The van der Waals surface area contributed by atoms with Gasteiger partial charge in [-0.2, -0.15) is 18.3 Å². The number of fused-ring (bicyclic) bond motifs is 1. The van der Waals surface area contributed by atoms with Crippen molar-refractivity contribution >= 4 is 22.3 Å². The van der Waals surface area contributed by atoms with Crippen molar-refractivity contribution < 1.29 is 22.3 Å². The van der Waals surface area contributed by atoms with E-state index < -0.39 is 28.8 Å². The second-order valence-corrected chi connectivity index (χ2v) is 8.61. The number of ether oxygens (including phenoxy) is 1. The Labute approximate surface area is 226 Å². The Hall–Kier alpha value is -4.49. The summed E-state index contributed by atoms with van der Waals surface area (Å²) in [6.45, 7) is 5.33. The van der Waals surface area contributed by atoms with Gasteiger partial charge in [0.15, 0.2) is 17.4 Å². The Morgan fingerprint density at radius 3 is 2.50 bits per heavy atom. The van der Waals surface area contributed by atoms with Crippen molar-refractivity contribution in [2.75, 3.05) is 24.7 Å². The zero-order chi connectivity index (χ0) is 29.4. The number of nitrogens with one attached hydrogen (secondary N) is 2. The molecule has 0 atom stereocenters. The minimum Gasteiger partial charge on any atom is -0.491 e. The van der Waals surface area contributed by atoms with Crippen LogP contribution in [-0.4, -0.2) is 38.4 Å². The van der Waals surface area contributed by atoms with Crippen molar-refractivity contribution in [2.45, 2.75) is 45.8 Å². The van der Waals surface area contributed by atoms with E-state index in [1.54, 1.807) is 21.9 Å². The van der Waals surface area contributed by atoms with Crippen LogP contribution in [0.3, 0.4) is 0 Å². The number of nitrogens with two attached hydrogens (primary N) is 1. The summed E-state index contributed by atoms with van der Waals surface area (Å²) in [4.78, 5) is 31.9. The predicted molar refractivity (Wildman–Crippen MR) is 144 cm³/mol. The fourth-order valence-corrected chi connectivity index (χ4v) is 3.83. The third kappa shape index (κ3) is 6.93. The molecule has 0 amide bonds. The van der Waals surface area contributed by atoms with Crippen LogP contribution in [0.25, 0.3) is 22.2 Å². The Bertz CT molecular complexity index is 1590. The standard InChI is InChI=1S/C21H25FN4O2.C5H4F3N3O/c1-4-6-7-9-26-10-8-14-11-16(17(22)12-15(14)21(26)27)19-24-13-18(28-3)20(25-19)23-5-2;6-5(7,8)3-2(9)1-10-11-4(3)12/h8,10-13H,4-7,9H2,1-3H3,(H,23,24,25);1H,(H3,9,11,12). The summed E-state index contributed by atoms with van der Waals surface area (Å²) >= 11 is 0. The molecule has 0 saturated carbocycles. The molecule has 0 saturated heterocycles. The number of aromatic nitrogens is 5. The third-order valence-corrected chi connectivity index (χ3v) is 5.80. The van der Waals surface area contributed by atoms with E-state index in [0.29, 0.717) is 35.4 Å². The van der Waals surface area contributed by atoms with Gasteiger partial charge in [-0.1, -0.05) is 19.8 Å². The first kappa shape index (κ1) is 30.1. The second-order valence-electron chi connectivity index (χ2n) is 8.61. The molecule has 10 nitrogen and oxygen atoms in total. The molecule has 40 heavy (non-hydrogen) atoms. The molecule has 0 aliphatic rings. The lowest BCUT2D eigenvalue weighted by Gasteiger charge is -2.11. The fraction of sp³-hybridized carbons (Fsp3) is 0.346. The van der Waals surface area contributed by atoms with Gasteiger partial charge in [-0.25, -0.2) is 19.5 Å². The number of H-pyrrole nitrogens is 1. The highest BCUT2D eigenvalue weighted by Gasteiger charge is 2.36. The normalized spacial score (nSPS) is 11.2. The number of nitrogens with zero attached hydrogens (tertiary/aromatic N) is 4. The topological polar surface area (TPSA) is 141 Å². The summed E-state index contributed by atoms with van der Waals surface area (Å²) in [5, 5.41) is 8.85. The zero-order valence-electron chi connectivity index (χ0n) is 22.1. The zero-order valence-corrected chi connectivity index (χ0v) is 22.1.